The lowest BCUT2D eigenvalue weighted by molar-refractivity contribution is -0.143. The lowest BCUT2D eigenvalue weighted by Crippen LogP contribution is -2.58. The molecule has 33 heavy (non-hydrogen) atoms. The number of carbonyl (C=O) groups excluding carboxylic acids is 4. The molecule has 1 aromatic carbocycles. The van der Waals surface area contributed by atoms with Crippen LogP contribution in [0.25, 0.3) is 0 Å². The first-order chi connectivity index (χ1) is 15.5. The van der Waals surface area contributed by atoms with Crippen molar-refractivity contribution in [1.82, 2.24) is 15.1 Å². The van der Waals surface area contributed by atoms with Crippen LogP contribution in [-0.2, 0) is 9.59 Å². The average Bonchev–Trinajstić information content (AvgIpc) is 3.12. The van der Waals surface area contributed by atoms with E-state index < -0.39 is 15.7 Å². The highest BCUT2D eigenvalue weighted by molar-refractivity contribution is 8.02. The molecular weight excluding hydrogens is 438 g/mol. The molecule has 1 N–H and O–H groups in total. The third-order valence-electron chi connectivity index (χ3n) is 6.91. The van der Waals surface area contributed by atoms with E-state index in [-0.39, 0.29) is 42.6 Å². The minimum atomic E-state index is -0.617. The van der Waals surface area contributed by atoms with Gasteiger partial charge in [-0.25, -0.2) is 0 Å². The Morgan fingerprint density at radius 3 is 2.15 bits per heavy atom. The number of nitrogens with one attached hydrogen (secondary N) is 1. The maximum absolute atomic E-state index is 13.5. The summed E-state index contributed by atoms with van der Waals surface area (Å²) in [6.07, 6.45) is 5.36. The Balaban J connectivity index is 1.49. The third kappa shape index (κ3) is 4.42. The van der Waals surface area contributed by atoms with E-state index in [0.29, 0.717) is 11.1 Å². The van der Waals surface area contributed by atoms with Crippen molar-refractivity contribution in [3.8, 4) is 0 Å². The van der Waals surface area contributed by atoms with Crippen molar-refractivity contribution < 1.29 is 19.2 Å². The molecule has 1 aromatic rings. The van der Waals surface area contributed by atoms with E-state index in [0.717, 1.165) is 30.6 Å². The van der Waals surface area contributed by atoms with E-state index >= 15 is 0 Å². The number of hydrogen-bond acceptors (Lipinski definition) is 5. The Hall–Kier alpha value is -2.35. The molecular formula is C25H33N3O4S. The average molecular weight is 472 g/mol. The molecule has 7 nitrogen and oxygen atoms in total. The number of rotatable bonds is 5. The molecule has 1 unspecified atom stereocenters. The van der Waals surface area contributed by atoms with E-state index in [4.69, 9.17) is 0 Å². The van der Waals surface area contributed by atoms with E-state index in [1.54, 1.807) is 40.9 Å². The lowest BCUT2D eigenvalue weighted by atomic mass is 9.93. The Bertz CT molecular complexity index is 949. The minimum absolute atomic E-state index is 0.000179. The fraction of sp³-hybridized carbons (Fsp3) is 0.600. The van der Waals surface area contributed by atoms with Gasteiger partial charge in [-0.15, -0.1) is 11.8 Å². The Labute approximate surface area is 199 Å². The topological polar surface area (TPSA) is 86.8 Å². The normalized spacial score (nSPS) is 24.2. The molecule has 4 rings (SSSR count). The lowest BCUT2D eigenvalue weighted by Gasteiger charge is -2.36. The van der Waals surface area contributed by atoms with Crippen molar-refractivity contribution in [1.29, 1.82) is 0 Å². The standard InChI is InChI=1S/C25H33N3O4S/c1-24(2)20(21(30)26-16-10-6-5-7-11-16)28(25(3,4)33-24)19(29)14-15-27-22(31)17-12-8-9-13-18(17)23(27)32/h8-9,12-13,16,20H,5-7,10-11,14-15H2,1-4H3,(H,26,30). The highest BCUT2D eigenvalue weighted by atomic mass is 32.2. The first-order valence-corrected chi connectivity index (χ1v) is 12.6. The molecule has 1 saturated carbocycles. The maximum atomic E-state index is 13.5. The van der Waals surface area contributed by atoms with Crippen molar-refractivity contribution in [2.75, 3.05) is 6.54 Å². The number of carbonyl (C=O) groups is 4. The largest absolute Gasteiger partial charge is 0.352 e. The summed E-state index contributed by atoms with van der Waals surface area (Å²) in [7, 11) is 0. The second kappa shape index (κ2) is 8.78. The van der Waals surface area contributed by atoms with Crippen molar-refractivity contribution in [3.63, 3.8) is 0 Å². The van der Waals surface area contributed by atoms with Gasteiger partial charge in [0.2, 0.25) is 11.8 Å². The molecule has 0 radical (unpaired) electrons. The monoisotopic (exact) mass is 471 g/mol. The predicted octanol–water partition coefficient (Wildman–Crippen LogP) is 3.58. The van der Waals surface area contributed by atoms with Crippen LogP contribution >= 0.6 is 11.8 Å². The zero-order chi connectivity index (χ0) is 24.0. The van der Waals surface area contributed by atoms with Crippen LogP contribution in [0.1, 0.15) is 86.9 Å². The summed E-state index contributed by atoms with van der Waals surface area (Å²) in [5, 5.41) is 3.20. The Morgan fingerprint density at radius 2 is 1.58 bits per heavy atom. The molecule has 1 aliphatic carbocycles. The number of benzene rings is 1. The number of thioether (sulfide) groups is 1. The van der Waals surface area contributed by atoms with Crippen LogP contribution in [0.2, 0.25) is 0 Å². The minimum Gasteiger partial charge on any atom is -0.352 e. The van der Waals surface area contributed by atoms with Gasteiger partial charge >= 0.3 is 0 Å². The number of amides is 4. The van der Waals surface area contributed by atoms with Gasteiger partial charge < -0.3 is 10.2 Å². The second-order valence-electron chi connectivity index (χ2n) is 10.2. The van der Waals surface area contributed by atoms with E-state index in [1.165, 1.54) is 6.42 Å². The van der Waals surface area contributed by atoms with Crippen LogP contribution in [0.15, 0.2) is 24.3 Å². The highest BCUT2D eigenvalue weighted by Crippen LogP contribution is 2.51. The smallest absolute Gasteiger partial charge is 0.261 e. The molecule has 2 fully saturated rings. The fourth-order valence-electron chi connectivity index (χ4n) is 5.54. The van der Waals surface area contributed by atoms with Crippen molar-refractivity contribution >= 4 is 35.4 Å². The summed E-state index contributed by atoms with van der Waals surface area (Å²) in [6, 6.07) is 6.25. The van der Waals surface area contributed by atoms with Crippen LogP contribution in [0.5, 0.6) is 0 Å². The zero-order valence-electron chi connectivity index (χ0n) is 19.8. The van der Waals surface area contributed by atoms with Gasteiger partial charge in [0.15, 0.2) is 0 Å². The number of imide groups is 1. The van der Waals surface area contributed by atoms with Gasteiger partial charge in [-0.05, 0) is 52.7 Å². The summed E-state index contributed by atoms with van der Waals surface area (Å²) in [5.41, 5.74) is 0.746. The Kier molecular flexibility index (Phi) is 6.33. The van der Waals surface area contributed by atoms with E-state index in [1.807, 2.05) is 27.7 Å². The quantitative estimate of drug-likeness (QED) is 0.664. The molecule has 3 aliphatic rings. The first kappa shape index (κ1) is 23.8. The van der Waals surface area contributed by atoms with Gasteiger partial charge in [-0.2, -0.15) is 0 Å². The van der Waals surface area contributed by atoms with E-state index in [2.05, 4.69) is 5.32 Å². The summed E-state index contributed by atoms with van der Waals surface area (Å²) in [6.45, 7) is 7.91. The van der Waals surface area contributed by atoms with Gasteiger partial charge in [-0.1, -0.05) is 31.4 Å². The highest BCUT2D eigenvalue weighted by Gasteiger charge is 2.56. The molecule has 8 heteroatoms. The molecule has 2 heterocycles. The molecule has 2 aliphatic heterocycles. The van der Waals surface area contributed by atoms with Crippen LogP contribution in [0.3, 0.4) is 0 Å². The zero-order valence-corrected chi connectivity index (χ0v) is 20.7. The van der Waals surface area contributed by atoms with Gasteiger partial charge in [0.1, 0.15) is 6.04 Å². The second-order valence-corrected chi connectivity index (χ2v) is 12.5. The molecule has 4 amide bonds. The van der Waals surface area contributed by atoms with Gasteiger partial charge in [0.25, 0.3) is 11.8 Å². The molecule has 0 spiro atoms. The molecule has 1 saturated heterocycles. The molecule has 0 aromatic heterocycles. The van der Waals surface area contributed by atoms with Crippen LogP contribution < -0.4 is 5.32 Å². The van der Waals surface area contributed by atoms with Crippen molar-refractivity contribution in [2.45, 2.75) is 87.9 Å². The van der Waals surface area contributed by atoms with E-state index in [9.17, 15) is 19.2 Å². The maximum Gasteiger partial charge on any atom is 0.261 e. The fourth-order valence-corrected chi connectivity index (χ4v) is 7.46. The molecule has 178 valence electrons. The van der Waals surface area contributed by atoms with Crippen LogP contribution in [0.4, 0.5) is 0 Å². The summed E-state index contributed by atoms with van der Waals surface area (Å²) in [5.74, 6) is -1.08. The van der Waals surface area contributed by atoms with Crippen LogP contribution in [0, 0.1) is 0 Å². The summed E-state index contributed by atoms with van der Waals surface area (Å²) < 4.78 is -0.465. The van der Waals surface area contributed by atoms with Gasteiger partial charge in [0.05, 0.1) is 16.0 Å². The van der Waals surface area contributed by atoms with Gasteiger partial charge in [-0.3, -0.25) is 24.1 Å². The SMILES string of the molecule is CC1(C)SC(C)(C)N(C(=O)CCN2C(=O)c3ccccc3C2=O)C1C(=O)NC1CCCCC1. The molecule has 0 bridgehead atoms. The third-order valence-corrected chi connectivity index (χ3v) is 8.35. The van der Waals surface area contributed by atoms with Crippen LogP contribution in [-0.4, -0.2) is 61.7 Å². The van der Waals surface area contributed by atoms with Gasteiger partial charge in [0, 0.05) is 23.8 Å². The number of fused-ring (bicyclic) bond motifs is 1. The Morgan fingerprint density at radius 1 is 1.00 bits per heavy atom. The summed E-state index contributed by atoms with van der Waals surface area (Å²) in [4.78, 5) is 54.5. The number of nitrogens with zero attached hydrogens (tertiary/aromatic N) is 2. The molecule has 1 atom stereocenters. The number of hydrogen-bond donors (Lipinski definition) is 1. The van der Waals surface area contributed by atoms with Crippen molar-refractivity contribution in [2.24, 2.45) is 0 Å². The summed E-state index contributed by atoms with van der Waals surface area (Å²) >= 11 is 1.61. The van der Waals surface area contributed by atoms with Crippen molar-refractivity contribution in [3.05, 3.63) is 35.4 Å². The first-order valence-electron chi connectivity index (χ1n) is 11.8. The predicted molar refractivity (Wildman–Crippen MR) is 128 cm³/mol.